The maximum atomic E-state index is 14.1. The van der Waals surface area contributed by atoms with E-state index in [4.69, 9.17) is 10.7 Å². The van der Waals surface area contributed by atoms with Crippen LogP contribution in [0.25, 0.3) is 43.5 Å². The molecule has 0 saturated heterocycles. The van der Waals surface area contributed by atoms with E-state index in [0.717, 1.165) is 17.3 Å². The number of hydrogen-bond donors (Lipinski definition) is 2. The van der Waals surface area contributed by atoms with Gasteiger partial charge in [-0.1, -0.05) is 18.2 Å². The van der Waals surface area contributed by atoms with E-state index >= 15 is 0 Å². The number of benzene rings is 1. The minimum Gasteiger partial charge on any atom is -0.365 e. The topological polar surface area (TPSA) is 134 Å². The molecule has 10 nitrogen and oxygen atoms in total. The summed E-state index contributed by atoms with van der Waals surface area (Å²) in [4.78, 5) is 35.1. The van der Waals surface area contributed by atoms with Gasteiger partial charge in [0.1, 0.15) is 15.4 Å². The molecular formula is C30H25F3N8O2S. The van der Waals surface area contributed by atoms with Crippen molar-refractivity contribution in [3.8, 4) is 22.4 Å². The fourth-order valence-electron chi connectivity index (χ4n) is 5.21. The van der Waals surface area contributed by atoms with E-state index in [1.165, 1.54) is 10.9 Å². The van der Waals surface area contributed by atoms with Gasteiger partial charge < -0.3 is 11.1 Å². The Morgan fingerprint density at radius 2 is 1.73 bits per heavy atom. The summed E-state index contributed by atoms with van der Waals surface area (Å²) in [5.74, 6) is -1.53. The standard InChI is InChI=1S/C30H25F3N8O2S/c1-5-41-15(3)20(13-36-41)22-10-18(16-8-6-7-9-21(16)37-22)28(43)39-25-24-17(19-12-35-40(4)14(19)2)11-23(30(31,32)33)38-29(24)44-26(25)27(34)42/h6-13H,5H2,1-4H3,(H2,34,42)(H,39,43). The minimum absolute atomic E-state index is 0.0283. The Morgan fingerprint density at radius 3 is 2.36 bits per heavy atom. The largest absolute Gasteiger partial charge is 0.433 e. The lowest BCUT2D eigenvalue weighted by molar-refractivity contribution is -0.140. The molecule has 0 spiro atoms. The van der Waals surface area contributed by atoms with Crippen molar-refractivity contribution in [3.63, 3.8) is 0 Å². The molecule has 0 atom stereocenters. The first-order valence-electron chi connectivity index (χ1n) is 13.5. The zero-order chi connectivity index (χ0) is 31.5. The van der Waals surface area contributed by atoms with Crippen molar-refractivity contribution in [2.24, 2.45) is 12.8 Å². The first-order chi connectivity index (χ1) is 20.9. The number of para-hydroxylation sites is 1. The van der Waals surface area contributed by atoms with E-state index in [1.807, 2.05) is 18.5 Å². The zero-order valence-corrected chi connectivity index (χ0v) is 24.8. The highest BCUT2D eigenvalue weighted by Gasteiger charge is 2.35. The van der Waals surface area contributed by atoms with Crippen molar-refractivity contribution in [2.75, 3.05) is 5.32 Å². The number of carbonyl (C=O) groups is 2. The Balaban J connectivity index is 1.57. The number of rotatable bonds is 6. The molecule has 14 heteroatoms. The first-order valence-corrected chi connectivity index (χ1v) is 14.3. The van der Waals surface area contributed by atoms with Crippen LogP contribution in [-0.4, -0.2) is 41.3 Å². The molecule has 44 heavy (non-hydrogen) atoms. The second-order valence-electron chi connectivity index (χ2n) is 10.2. The summed E-state index contributed by atoms with van der Waals surface area (Å²) in [6.45, 7) is 6.22. The molecule has 5 aromatic heterocycles. The smallest absolute Gasteiger partial charge is 0.365 e. The second kappa shape index (κ2) is 10.6. The third-order valence-corrected chi connectivity index (χ3v) is 8.68. The molecule has 0 bridgehead atoms. The molecular weight excluding hydrogens is 593 g/mol. The van der Waals surface area contributed by atoms with Crippen LogP contribution < -0.4 is 11.1 Å². The summed E-state index contributed by atoms with van der Waals surface area (Å²) >= 11 is 0.681. The van der Waals surface area contributed by atoms with E-state index in [0.29, 0.717) is 45.7 Å². The van der Waals surface area contributed by atoms with Gasteiger partial charge in [0.2, 0.25) is 0 Å². The van der Waals surface area contributed by atoms with Crippen LogP contribution in [0, 0.1) is 13.8 Å². The maximum Gasteiger partial charge on any atom is 0.433 e. The number of primary amides is 1. The van der Waals surface area contributed by atoms with Crippen molar-refractivity contribution in [1.82, 2.24) is 29.5 Å². The van der Waals surface area contributed by atoms with Gasteiger partial charge in [0.25, 0.3) is 11.8 Å². The fraction of sp³-hybridized carbons (Fsp3) is 0.200. The molecule has 5 heterocycles. The molecule has 0 unspecified atom stereocenters. The molecule has 6 rings (SSSR count). The quantitative estimate of drug-likeness (QED) is 0.231. The van der Waals surface area contributed by atoms with Gasteiger partial charge in [-0.3, -0.25) is 19.0 Å². The molecule has 0 aliphatic rings. The number of anilines is 1. The van der Waals surface area contributed by atoms with Gasteiger partial charge in [-0.25, -0.2) is 9.97 Å². The van der Waals surface area contributed by atoms with E-state index in [9.17, 15) is 22.8 Å². The summed E-state index contributed by atoms with van der Waals surface area (Å²) < 4.78 is 45.2. The first kappa shape index (κ1) is 29.0. The molecule has 0 radical (unpaired) electrons. The minimum atomic E-state index is -4.77. The molecule has 1 aromatic carbocycles. The summed E-state index contributed by atoms with van der Waals surface area (Å²) in [7, 11) is 1.66. The van der Waals surface area contributed by atoms with Gasteiger partial charge in [0.05, 0.1) is 34.9 Å². The van der Waals surface area contributed by atoms with E-state index < -0.39 is 23.7 Å². The number of thiophene rings is 1. The highest BCUT2D eigenvalue weighted by Crippen LogP contribution is 2.44. The lowest BCUT2D eigenvalue weighted by Crippen LogP contribution is -2.17. The summed E-state index contributed by atoms with van der Waals surface area (Å²) in [5.41, 5.74) is 8.49. The Morgan fingerprint density at radius 1 is 1.00 bits per heavy atom. The second-order valence-corrected chi connectivity index (χ2v) is 11.2. The van der Waals surface area contributed by atoms with Crippen molar-refractivity contribution < 1.29 is 22.8 Å². The summed E-state index contributed by atoms with van der Waals surface area (Å²) in [6, 6.07) is 9.61. The highest BCUT2D eigenvalue weighted by atomic mass is 32.1. The van der Waals surface area contributed by atoms with E-state index in [2.05, 4.69) is 20.5 Å². The van der Waals surface area contributed by atoms with Gasteiger partial charge >= 0.3 is 6.18 Å². The summed E-state index contributed by atoms with van der Waals surface area (Å²) in [6.07, 6.45) is -1.66. The highest BCUT2D eigenvalue weighted by molar-refractivity contribution is 7.21. The molecule has 0 saturated carbocycles. The number of hydrogen-bond acceptors (Lipinski definition) is 7. The molecule has 2 amide bonds. The Labute approximate surface area is 252 Å². The number of fused-ring (bicyclic) bond motifs is 2. The van der Waals surface area contributed by atoms with Crippen molar-refractivity contribution >= 4 is 50.0 Å². The number of nitrogens with two attached hydrogens (primary N) is 1. The van der Waals surface area contributed by atoms with Crippen molar-refractivity contribution in [2.45, 2.75) is 33.5 Å². The van der Waals surface area contributed by atoms with E-state index in [1.54, 1.807) is 50.5 Å². The van der Waals surface area contributed by atoms with Crippen molar-refractivity contribution in [1.29, 1.82) is 0 Å². The average Bonchev–Trinajstić information content (AvgIpc) is 3.66. The van der Waals surface area contributed by atoms with Gasteiger partial charge in [0, 0.05) is 46.9 Å². The predicted octanol–water partition coefficient (Wildman–Crippen LogP) is 6.12. The number of halogens is 3. The van der Waals surface area contributed by atoms with Crippen LogP contribution in [0.15, 0.2) is 48.8 Å². The average molecular weight is 619 g/mol. The number of pyridine rings is 2. The Hall–Kier alpha value is -5.11. The number of nitrogens with zero attached hydrogens (tertiary/aromatic N) is 6. The number of alkyl halides is 3. The van der Waals surface area contributed by atoms with Crippen LogP contribution in [-0.2, 0) is 19.8 Å². The molecule has 0 aliphatic heterocycles. The number of nitrogens with one attached hydrogen (secondary N) is 1. The van der Waals surface area contributed by atoms with Crippen LogP contribution in [0.1, 0.15) is 44.0 Å². The molecule has 6 aromatic rings. The molecule has 0 fully saturated rings. The molecule has 0 aliphatic carbocycles. The van der Waals surface area contributed by atoms with Crippen LogP contribution in [0.3, 0.4) is 0 Å². The van der Waals surface area contributed by atoms with Gasteiger partial charge in [-0.05, 0) is 44.5 Å². The normalized spacial score (nSPS) is 11.9. The SMILES string of the molecule is CCn1ncc(-c2cc(C(=O)Nc3c(C(N)=O)sc4nc(C(F)(F)F)cc(-c5cnn(C)c5C)c34)c3ccccc3n2)c1C. The van der Waals surface area contributed by atoms with Crippen LogP contribution in [0.5, 0.6) is 0 Å². The van der Waals surface area contributed by atoms with Crippen LogP contribution in [0.2, 0.25) is 0 Å². The van der Waals surface area contributed by atoms with Gasteiger partial charge in [-0.15, -0.1) is 11.3 Å². The fourth-order valence-corrected chi connectivity index (χ4v) is 6.22. The van der Waals surface area contributed by atoms with Crippen molar-refractivity contribution in [3.05, 3.63) is 76.3 Å². The maximum absolute atomic E-state index is 14.1. The monoisotopic (exact) mass is 618 g/mol. The lowest BCUT2D eigenvalue weighted by atomic mass is 10.0. The third-order valence-electron chi connectivity index (χ3n) is 7.58. The lowest BCUT2D eigenvalue weighted by Gasteiger charge is -2.13. The number of aromatic nitrogens is 6. The third kappa shape index (κ3) is 4.76. The number of amides is 2. The molecule has 3 N–H and O–H groups in total. The number of aryl methyl sites for hydroxylation is 2. The van der Waals surface area contributed by atoms with E-state index in [-0.39, 0.29) is 31.9 Å². The number of carbonyl (C=O) groups excluding carboxylic acids is 2. The summed E-state index contributed by atoms with van der Waals surface area (Å²) in [5, 5.41) is 12.1. The zero-order valence-electron chi connectivity index (χ0n) is 23.9. The van der Waals surface area contributed by atoms with Crippen LogP contribution >= 0.6 is 11.3 Å². The Bertz CT molecular complexity index is 2130. The van der Waals surface area contributed by atoms with Crippen LogP contribution in [0.4, 0.5) is 18.9 Å². The van der Waals surface area contributed by atoms with Gasteiger partial charge in [-0.2, -0.15) is 23.4 Å². The predicted molar refractivity (Wildman–Crippen MR) is 161 cm³/mol. The van der Waals surface area contributed by atoms with Gasteiger partial charge in [0.15, 0.2) is 0 Å². The Kier molecular flexibility index (Phi) is 6.95. The molecule has 224 valence electrons.